The Morgan fingerprint density at radius 1 is 1.18 bits per heavy atom. The first-order valence-electron chi connectivity index (χ1n) is 14.0. The summed E-state index contributed by atoms with van der Waals surface area (Å²) in [7, 11) is 1.68. The van der Waals surface area contributed by atoms with Crippen molar-refractivity contribution >= 4 is 17.5 Å². The fourth-order valence-electron chi connectivity index (χ4n) is 6.69. The van der Waals surface area contributed by atoms with Crippen molar-refractivity contribution in [1.29, 1.82) is 0 Å². The smallest absolute Gasteiger partial charge is 0.416 e. The van der Waals surface area contributed by atoms with Gasteiger partial charge in [-0.2, -0.15) is 13.2 Å². The summed E-state index contributed by atoms with van der Waals surface area (Å²) in [5.41, 5.74) is 5.76. The molecule has 0 bridgehead atoms. The molecule has 8 N–H and O–H groups in total. The number of hydrogen-bond donors (Lipinski definition) is 6. The van der Waals surface area contributed by atoms with Crippen LogP contribution in [0.1, 0.15) is 45.5 Å². The van der Waals surface area contributed by atoms with Gasteiger partial charge in [-0.05, 0) is 68.0 Å². The zero-order valence-corrected chi connectivity index (χ0v) is 23.7. The summed E-state index contributed by atoms with van der Waals surface area (Å²) in [5.74, 6) is -8.69. The molecule has 0 saturated carbocycles. The molecule has 0 heterocycles. The molecule has 13 heteroatoms. The first-order chi connectivity index (χ1) is 20.7. The number of aliphatic hydroxyl groups is 3. The lowest BCUT2D eigenvalue weighted by atomic mass is 9.58. The molecule has 1 amide bonds. The number of amides is 1. The number of aryl methyl sites for hydroxylation is 1. The van der Waals surface area contributed by atoms with Crippen LogP contribution < -0.4 is 21.5 Å². The number of hydrogen-bond acceptors (Lipinski definition) is 9. The fraction of sp³-hybridized carbons (Fsp3) is 0.387. The quantitative estimate of drug-likeness (QED) is 0.192. The lowest BCUT2D eigenvalue weighted by molar-refractivity contribution is -0.145. The third kappa shape index (κ3) is 4.94. The Kier molecular flexibility index (Phi) is 8.08. The molecule has 0 aliphatic heterocycles. The van der Waals surface area contributed by atoms with Gasteiger partial charge in [0.1, 0.15) is 29.4 Å². The Bertz CT molecular complexity index is 1600. The van der Waals surface area contributed by atoms with Crippen molar-refractivity contribution in [1.82, 2.24) is 5.32 Å². The highest BCUT2D eigenvalue weighted by molar-refractivity contribution is 6.24. The molecule has 0 fully saturated rings. The summed E-state index contributed by atoms with van der Waals surface area (Å²) in [6, 6.07) is 8.36. The van der Waals surface area contributed by atoms with E-state index in [1.54, 1.807) is 37.4 Å². The van der Waals surface area contributed by atoms with Crippen molar-refractivity contribution in [2.24, 2.45) is 23.3 Å². The number of allylic oxidation sites excluding steroid dienone is 1. The number of Topliss-reactive ketones (excluding diaryl/α,β-unsaturated/α-hetero) is 2. The number of carbonyl (C=O) groups is 3. The number of alkyl halides is 3. The number of aliphatic hydroxyl groups excluding tert-OH is 2. The molecule has 3 aliphatic carbocycles. The number of primary amides is 1. The number of benzene rings is 2. The van der Waals surface area contributed by atoms with E-state index in [2.05, 4.69) is 5.32 Å². The van der Waals surface area contributed by atoms with Crippen LogP contribution >= 0.6 is 0 Å². The molecule has 2 aromatic carbocycles. The van der Waals surface area contributed by atoms with Gasteiger partial charge in [-0.25, -0.2) is 0 Å². The lowest BCUT2D eigenvalue weighted by Crippen LogP contribution is -2.63. The molecular formula is C31H32F3N3O7. The summed E-state index contributed by atoms with van der Waals surface area (Å²) in [6.45, 7) is 0.356. The minimum atomic E-state index is -4.86. The number of rotatable bonds is 8. The van der Waals surface area contributed by atoms with Gasteiger partial charge in [-0.15, -0.1) is 0 Å². The molecule has 234 valence electrons. The predicted molar refractivity (Wildman–Crippen MR) is 151 cm³/mol. The van der Waals surface area contributed by atoms with Gasteiger partial charge in [0.2, 0.25) is 5.78 Å². The van der Waals surface area contributed by atoms with Crippen molar-refractivity contribution in [3.8, 4) is 5.75 Å². The number of halogens is 3. The molecule has 10 nitrogen and oxygen atoms in total. The normalized spacial score (nSPS) is 25.0. The van der Waals surface area contributed by atoms with Gasteiger partial charge in [0.15, 0.2) is 11.4 Å². The topological polar surface area (TPSA) is 185 Å². The van der Waals surface area contributed by atoms with Gasteiger partial charge in [-0.3, -0.25) is 14.4 Å². The number of nitrogens with two attached hydrogens (primary N) is 2. The van der Waals surface area contributed by atoms with Crippen LogP contribution in [0.15, 0.2) is 59.1 Å². The lowest BCUT2D eigenvalue weighted by Gasteiger charge is -2.48. The van der Waals surface area contributed by atoms with E-state index in [-0.39, 0.29) is 36.3 Å². The Labute approximate surface area is 250 Å². The van der Waals surface area contributed by atoms with E-state index in [1.165, 1.54) is 6.07 Å². The minimum Gasteiger partial charge on any atom is -0.510 e. The van der Waals surface area contributed by atoms with Gasteiger partial charge in [0.05, 0.1) is 17.2 Å². The van der Waals surface area contributed by atoms with Gasteiger partial charge in [0.25, 0.3) is 5.91 Å². The Morgan fingerprint density at radius 3 is 2.48 bits per heavy atom. The molecule has 4 atom stereocenters. The average molecular weight is 616 g/mol. The molecule has 0 radical (unpaired) electrons. The molecule has 44 heavy (non-hydrogen) atoms. The van der Waals surface area contributed by atoms with E-state index in [4.69, 9.17) is 16.2 Å². The molecule has 0 aromatic heterocycles. The van der Waals surface area contributed by atoms with Crippen LogP contribution in [0.5, 0.6) is 5.75 Å². The summed E-state index contributed by atoms with van der Waals surface area (Å²) in [6.07, 6.45) is -5.24. The van der Waals surface area contributed by atoms with Crippen molar-refractivity contribution in [2.75, 3.05) is 13.6 Å². The maximum atomic E-state index is 14.8. The standard InChI is InChI=1S/C31H32F3N3O7/c1-37-9-5-8-15-12-19(44-13-14-6-3-2-4-7-14)21-17(23(15)31(32,33)34)10-16-11-18-24(35)26(39)22(29(36)42)28(41)30(18,43)27(40)20(16)25(21)38/h2-4,6-7,12,16,18,24,37,39-40,43H,5,8-11,13,35H2,1H3,(H2,36,42)/t16-,18-,24-,30-/m0/s1. The van der Waals surface area contributed by atoms with Gasteiger partial charge in [-0.1, -0.05) is 30.3 Å². The summed E-state index contributed by atoms with van der Waals surface area (Å²) in [5, 5.41) is 36.3. The highest BCUT2D eigenvalue weighted by Gasteiger charge is 2.62. The fourth-order valence-corrected chi connectivity index (χ4v) is 6.69. The maximum Gasteiger partial charge on any atom is 0.416 e. The molecule has 2 aromatic rings. The van der Waals surface area contributed by atoms with E-state index in [9.17, 15) is 42.9 Å². The van der Waals surface area contributed by atoms with Crippen LogP contribution in [0.2, 0.25) is 0 Å². The van der Waals surface area contributed by atoms with Crippen LogP contribution in [0.4, 0.5) is 13.2 Å². The molecule has 0 saturated heterocycles. The zero-order chi connectivity index (χ0) is 32.1. The van der Waals surface area contributed by atoms with E-state index in [0.29, 0.717) is 18.5 Å². The van der Waals surface area contributed by atoms with Crippen LogP contribution in [0.3, 0.4) is 0 Å². The Hall–Kier alpha value is -4.20. The number of nitrogens with one attached hydrogen (secondary N) is 1. The third-order valence-electron chi connectivity index (χ3n) is 8.72. The SMILES string of the molecule is CNCCCc1cc(OCc2ccccc2)c2c(c1C(F)(F)F)C[C@H]1C[C@H]3[C@H](N)C(O)=C(C(N)=O)C(=O)[C@@]3(O)C(O)=C1C2=O. The second kappa shape index (κ2) is 11.4. The van der Waals surface area contributed by atoms with Gasteiger partial charge < -0.3 is 36.8 Å². The Morgan fingerprint density at radius 2 is 1.86 bits per heavy atom. The van der Waals surface area contributed by atoms with Crippen molar-refractivity contribution < 1.29 is 47.6 Å². The van der Waals surface area contributed by atoms with E-state index in [0.717, 1.165) is 0 Å². The first kappa shape index (κ1) is 31.2. The number of ketones is 2. The monoisotopic (exact) mass is 615 g/mol. The number of carbonyl (C=O) groups excluding carboxylic acids is 3. The van der Waals surface area contributed by atoms with E-state index in [1.807, 2.05) is 0 Å². The average Bonchev–Trinajstić information content (AvgIpc) is 2.96. The van der Waals surface area contributed by atoms with Crippen LogP contribution in [0, 0.1) is 11.8 Å². The van der Waals surface area contributed by atoms with Crippen LogP contribution in [-0.4, -0.2) is 58.0 Å². The number of fused-ring (bicyclic) bond motifs is 3. The number of ether oxygens (including phenoxy) is 1. The molecule has 5 rings (SSSR count). The predicted octanol–water partition coefficient (Wildman–Crippen LogP) is 2.56. The van der Waals surface area contributed by atoms with Crippen molar-refractivity contribution in [3.63, 3.8) is 0 Å². The van der Waals surface area contributed by atoms with E-state index >= 15 is 0 Å². The maximum absolute atomic E-state index is 14.8. The van der Waals surface area contributed by atoms with Crippen molar-refractivity contribution in [2.45, 2.75) is 50.1 Å². The molecule has 0 spiro atoms. The zero-order valence-electron chi connectivity index (χ0n) is 23.7. The van der Waals surface area contributed by atoms with E-state index < -0.39 is 87.3 Å². The van der Waals surface area contributed by atoms with Gasteiger partial charge >= 0.3 is 6.18 Å². The van der Waals surface area contributed by atoms with Crippen LogP contribution in [-0.2, 0) is 35.2 Å². The summed E-state index contributed by atoms with van der Waals surface area (Å²) >= 11 is 0. The van der Waals surface area contributed by atoms with Crippen LogP contribution in [0.25, 0.3) is 0 Å². The largest absolute Gasteiger partial charge is 0.510 e. The molecule has 3 aliphatic rings. The summed E-state index contributed by atoms with van der Waals surface area (Å²) in [4.78, 5) is 39.4. The first-order valence-corrected chi connectivity index (χ1v) is 14.0. The molecule has 0 unspecified atom stereocenters. The van der Waals surface area contributed by atoms with Crippen molar-refractivity contribution in [3.05, 3.63) is 86.9 Å². The third-order valence-corrected chi connectivity index (χ3v) is 8.72. The summed E-state index contributed by atoms with van der Waals surface area (Å²) < 4.78 is 50.2. The highest BCUT2D eigenvalue weighted by Crippen LogP contribution is 2.53. The molecular weight excluding hydrogens is 583 g/mol. The minimum absolute atomic E-state index is 0.0216. The van der Waals surface area contributed by atoms with Gasteiger partial charge in [0, 0.05) is 11.5 Å². The second-order valence-corrected chi connectivity index (χ2v) is 11.3. The highest BCUT2D eigenvalue weighted by atomic mass is 19.4. The Balaban J connectivity index is 1.71. The second-order valence-electron chi connectivity index (χ2n) is 11.3.